The lowest BCUT2D eigenvalue weighted by Crippen LogP contribution is -2.24. The average molecular weight is 364 g/mol. The number of carbonyl (C=O) groups is 1. The topological polar surface area (TPSA) is 64.3 Å². The Morgan fingerprint density at radius 3 is 2.58 bits per heavy atom. The van der Waals surface area contributed by atoms with E-state index < -0.39 is 17.8 Å². The highest BCUT2D eigenvalue weighted by atomic mass is 19.4. The first kappa shape index (κ1) is 19.4. The predicted octanol–water partition coefficient (Wildman–Crippen LogP) is 4.62. The van der Waals surface area contributed by atoms with Gasteiger partial charge in [0.05, 0.1) is 5.56 Å². The zero-order chi connectivity index (χ0) is 19.0. The van der Waals surface area contributed by atoms with E-state index in [0.29, 0.717) is 18.5 Å². The Balaban J connectivity index is 1.75. The van der Waals surface area contributed by atoms with Gasteiger partial charge in [-0.25, -0.2) is 4.79 Å². The Morgan fingerprint density at radius 2 is 1.88 bits per heavy atom. The van der Waals surface area contributed by atoms with Gasteiger partial charge in [-0.2, -0.15) is 13.2 Å². The van der Waals surface area contributed by atoms with E-state index in [1.165, 1.54) is 12.1 Å². The molecule has 0 saturated heterocycles. The Morgan fingerprint density at radius 1 is 1.15 bits per heavy atom. The number of nitrogens with two attached hydrogens (primary N) is 1. The van der Waals surface area contributed by atoms with E-state index in [1.807, 2.05) is 30.3 Å². The number of nitrogens with one attached hydrogen (secondary N) is 1. The van der Waals surface area contributed by atoms with Gasteiger partial charge in [-0.15, -0.1) is 0 Å². The van der Waals surface area contributed by atoms with Crippen molar-refractivity contribution in [3.05, 3.63) is 71.3 Å². The van der Waals surface area contributed by atoms with E-state index >= 15 is 0 Å². The molecule has 26 heavy (non-hydrogen) atoms. The molecule has 0 aliphatic carbocycles. The molecule has 0 fully saturated rings. The SMILES string of the molecule is Nc1cc(C=CCCNC(=O)OCc2ccccc2)cc(C(F)(F)F)c1. The van der Waals surface area contributed by atoms with Crippen molar-refractivity contribution < 1.29 is 22.7 Å². The second kappa shape index (κ2) is 8.94. The summed E-state index contributed by atoms with van der Waals surface area (Å²) in [4.78, 5) is 11.6. The van der Waals surface area contributed by atoms with Gasteiger partial charge in [0.2, 0.25) is 0 Å². The van der Waals surface area contributed by atoms with Gasteiger partial charge in [-0.1, -0.05) is 42.5 Å². The molecule has 0 bridgehead atoms. The van der Waals surface area contributed by atoms with Crippen LogP contribution in [0, 0.1) is 0 Å². The van der Waals surface area contributed by atoms with Crippen molar-refractivity contribution in [1.29, 1.82) is 0 Å². The van der Waals surface area contributed by atoms with Crippen LogP contribution >= 0.6 is 0 Å². The summed E-state index contributed by atoms with van der Waals surface area (Å²) in [6.45, 7) is 0.477. The number of amides is 1. The van der Waals surface area contributed by atoms with E-state index in [9.17, 15) is 18.0 Å². The van der Waals surface area contributed by atoms with Crippen LogP contribution in [0.2, 0.25) is 0 Å². The maximum atomic E-state index is 12.7. The van der Waals surface area contributed by atoms with Crippen LogP contribution in [-0.2, 0) is 17.5 Å². The fourth-order valence-corrected chi connectivity index (χ4v) is 2.19. The molecule has 0 radical (unpaired) electrons. The number of benzene rings is 2. The molecule has 1 amide bonds. The molecule has 0 atom stereocenters. The van der Waals surface area contributed by atoms with Crippen molar-refractivity contribution in [3.63, 3.8) is 0 Å². The van der Waals surface area contributed by atoms with E-state index in [1.54, 1.807) is 6.08 Å². The number of halogens is 3. The summed E-state index contributed by atoms with van der Waals surface area (Å²) in [5.74, 6) is 0. The molecule has 138 valence electrons. The molecule has 0 saturated carbocycles. The first-order valence-corrected chi connectivity index (χ1v) is 7.93. The van der Waals surface area contributed by atoms with Gasteiger partial charge in [0.25, 0.3) is 0 Å². The van der Waals surface area contributed by atoms with E-state index in [-0.39, 0.29) is 12.3 Å². The van der Waals surface area contributed by atoms with Crippen molar-refractivity contribution in [2.45, 2.75) is 19.2 Å². The normalized spacial score (nSPS) is 11.5. The van der Waals surface area contributed by atoms with E-state index in [2.05, 4.69) is 5.32 Å². The molecule has 0 spiro atoms. The van der Waals surface area contributed by atoms with Crippen LogP contribution in [-0.4, -0.2) is 12.6 Å². The zero-order valence-electron chi connectivity index (χ0n) is 13.9. The number of anilines is 1. The minimum atomic E-state index is -4.44. The molecule has 3 N–H and O–H groups in total. The lowest BCUT2D eigenvalue weighted by molar-refractivity contribution is -0.137. The molecule has 2 aromatic carbocycles. The van der Waals surface area contributed by atoms with E-state index in [0.717, 1.165) is 17.7 Å². The molecule has 0 aliphatic rings. The fraction of sp³-hybridized carbons (Fsp3) is 0.211. The Bertz CT molecular complexity index is 759. The van der Waals surface area contributed by atoms with Gasteiger partial charge in [0, 0.05) is 12.2 Å². The lowest BCUT2D eigenvalue weighted by Gasteiger charge is -2.08. The molecule has 0 aliphatic heterocycles. The summed E-state index contributed by atoms with van der Waals surface area (Å²) in [7, 11) is 0. The van der Waals surface area contributed by atoms with Crippen LogP contribution in [0.5, 0.6) is 0 Å². The predicted molar refractivity (Wildman–Crippen MR) is 94.1 cm³/mol. The molecule has 4 nitrogen and oxygen atoms in total. The number of hydrogen-bond donors (Lipinski definition) is 2. The van der Waals surface area contributed by atoms with Gasteiger partial charge >= 0.3 is 12.3 Å². The molecular weight excluding hydrogens is 345 g/mol. The third-order valence-electron chi connectivity index (χ3n) is 3.41. The number of nitrogen functional groups attached to an aromatic ring is 1. The molecular formula is C19H19F3N2O2. The summed E-state index contributed by atoms with van der Waals surface area (Å²) in [5.41, 5.74) is 5.98. The monoisotopic (exact) mass is 364 g/mol. The van der Waals surface area contributed by atoms with Crippen LogP contribution in [0.25, 0.3) is 6.08 Å². The number of carbonyl (C=O) groups excluding carboxylic acids is 1. The average Bonchev–Trinajstić information content (AvgIpc) is 2.59. The Hall–Kier alpha value is -2.96. The molecule has 7 heteroatoms. The second-order valence-electron chi connectivity index (χ2n) is 5.57. The van der Waals surface area contributed by atoms with Crippen LogP contribution in [0.4, 0.5) is 23.7 Å². The van der Waals surface area contributed by atoms with Crippen molar-refractivity contribution in [3.8, 4) is 0 Å². The summed E-state index contributed by atoms with van der Waals surface area (Å²) in [6, 6.07) is 12.6. The highest BCUT2D eigenvalue weighted by Gasteiger charge is 2.30. The molecule has 2 aromatic rings. The van der Waals surface area contributed by atoms with Gasteiger partial charge in [0.1, 0.15) is 6.61 Å². The minimum Gasteiger partial charge on any atom is -0.445 e. The highest BCUT2D eigenvalue weighted by Crippen LogP contribution is 2.31. The number of rotatable bonds is 6. The van der Waals surface area contributed by atoms with Gasteiger partial charge in [-0.3, -0.25) is 0 Å². The standard InChI is InChI=1S/C19H19F3N2O2/c20-19(21,22)16-10-15(11-17(23)12-16)8-4-5-9-24-18(25)26-13-14-6-2-1-3-7-14/h1-4,6-8,10-12H,5,9,13,23H2,(H,24,25). The summed E-state index contributed by atoms with van der Waals surface area (Å²) in [5, 5.41) is 2.57. The maximum Gasteiger partial charge on any atom is 0.416 e. The summed E-state index contributed by atoms with van der Waals surface area (Å²) in [6.07, 6.45) is -1.36. The van der Waals surface area contributed by atoms with Crippen molar-refractivity contribution >= 4 is 17.9 Å². The first-order chi connectivity index (χ1) is 12.3. The smallest absolute Gasteiger partial charge is 0.416 e. The van der Waals surface area contributed by atoms with Crippen LogP contribution in [0.15, 0.2) is 54.6 Å². The fourth-order valence-electron chi connectivity index (χ4n) is 2.19. The summed E-state index contributed by atoms with van der Waals surface area (Å²) < 4.78 is 43.2. The van der Waals surface area contributed by atoms with Crippen molar-refractivity contribution in [1.82, 2.24) is 5.32 Å². The largest absolute Gasteiger partial charge is 0.445 e. The molecule has 0 aromatic heterocycles. The minimum absolute atomic E-state index is 0.0436. The van der Waals surface area contributed by atoms with Crippen LogP contribution < -0.4 is 11.1 Å². The van der Waals surface area contributed by atoms with E-state index in [4.69, 9.17) is 10.5 Å². The molecule has 0 heterocycles. The van der Waals surface area contributed by atoms with Gasteiger partial charge in [0.15, 0.2) is 0 Å². The number of ether oxygens (including phenoxy) is 1. The quantitative estimate of drug-likeness (QED) is 0.581. The highest BCUT2D eigenvalue weighted by molar-refractivity contribution is 5.67. The first-order valence-electron chi connectivity index (χ1n) is 7.93. The van der Waals surface area contributed by atoms with Gasteiger partial charge < -0.3 is 15.8 Å². The molecule has 0 unspecified atom stereocenters. The van der Waals surface area contributed by atoms with Crippen LogP contribution in [0.3, 0.4) is 0 Å². The summed E-state index contributed by atoms with van der Waals surface area (Å²) >= 11 is 0. The third-order valence-corrected chi connectivity index (χ3v) is 3.41. The van der Waals surface area contributed by atoms with Crippen molar-refractivity contribution in [2.24, 2.45) is 0 Å². The lowest BCUT2D eigenvalue weighted by atomic mass is 10.1. The molecule has 2 rings (SSSR count). The number of alkyl carbamates (subject to hydrolysis) is 1. The Labute approximate surface area is 149 Å². The van der Waals surface area contributed by atoms with Gasteiger partial charge in [-0.05, 0) is 35.7 Å². The number of hydrogen-bond acceptors (Lipinski definition) is 3. The number of alkyl halides is 3. The third kappa shape index (κ3) is 6.51. The Kier molecular flexibility index (Phi) is 6.66. The zero-order valence-corrected chi connectivity index (χ0v) is 13.9. The van der Waals surface area contributed by atoms with Crippen molar-refractivity contribution in [2.75, 3.05) is 12.3 Å². The second-order valence-corrected chi connectivity index (χ2v) is 5.57. The maximum absolute atomic E-state index is 12.7. The van der Waals surface area contributed by atoms with Crippen LogP contribution in [0.1, 0.15) is 23.1 Å².